The molecule has 0 saturated heterocycles. The van der Waals surface area contributed by atoms with Gasteiger partial charge in [-0.05, 0) is 49.7 Å². The summed E-state index contributed by atoms with van der Waals surface area (Å²) in [6, 6.07) is 14.9. The lowest BCUT2D eigenvalue weighted by atomic mass is 10.2. The minimum atomic E-state index is -0.185. The molecule has 0 aliphatic heterocycles. The van der Waals surface area contributed by atoms with Crippen molar-refractivity contribution < 1.29 is 14.3 Å². The highest BCUT2D eigenvalue weighted by molar-refractivity contribution is 5.91. The normalized spacial score (nSPS) is 10.1. The van der Waals surface area contributed by atoms with Crippen LogP contribution in [0.1, 0.15) is 18.9 Å². The number of hydrogen-bond acceptors (Lipinski definition) is 3. The number of hydrogen-bond donors (Lipinski definition) is 1. The Labute approximate surface area is 131 Å². The molecule has 0 aliphatic carbocycles. The monoisotopic (exact) mass is 299 g/mol. The van der Waals surface area contributed by atoms with Gasteiger partial charge in [0.1, 0.15) is 11.5 Å². The molecule has 2 aromatic rings. The van der Waals surface area contributed by atoms with Crippen molar-refractivity contribution in [2.45, 2.75) is 20.3 Å². The van der Waals surface area contributed by atoms with E-state index in [4.69, 9.17) is 9.47 Å². The molecule has 0 atom stereocenters. The van der Waals surface area contributed by atoms with Crippen molar-refractivity contribution in [2.24, 2.45) is 0 Å². The number of benzene rings is 2. The summed E-state index contributed by atoms with van der Waals surface area (Å²) in [6.07, 6.45) is 0.970. The SMILES string of the molecule is CCCOc1ccc(OCC(=O)Nc2ccc(C)cc2)cc1. The zero-order chi connectivity index (χ0) is 15.8. The summed E-state index contributed by atoms with van der Waals surface area (Å²) in [6.45, 7) is 4.73. The highest BCUT2D eigenvalue weighted by atomic mass is 16.5. The van der Waals surface area contributed by atoms with Gasteiger partial charge in [0.2, 0.25) is 0 Å². The summed E-state index contributed by atoms with van der Waals surface area (Å²) in [7, 11) is 0. The zero-order valence-corrected chi connectivity index (χ0v) is 13.0. The van der Waals surface area contributed by atoms with Crippen LogP contribution in [0.4, 0.5) is 5.69 Å². The predicted molar refractivity (Wildman–Crippen MR) is 87.5 cm³/mol. The molecule has 4 nitrogen and oxygen atoms in total. The Hall–Kier alpha value is -2.49. The van der Waals surface area contributed by atoms with Crippen molar-refractivity contribution in [1.29, 1.82) is 0 Å². The van der Waals surface area contributed by atoms with Gasteiger partial charge in [-0.2, -0.15) is 0 Å². The van der Waals surface area contributed by atoms with Crippen molar-refractivity contribution in [3.63, 3.8) is 0 Å². The fourth-order valence-electron chi connectivity index (χ4n) is 1.83. The minimum absolute atomic E-state index is 0.0248. The molecular weight excluding hydrogens is 278 g/mol. The van der Waals surface area contributed by atoms with Crippen LogP contribution in [0.3, 0.4) is 0 Å². The van der Waals surface area contributed by atoms with Crippen LogP contribution >= 0.6 is 0 Å². The number of rotatable bonds is 7. The molecule has 2 aromatic carbocycles. The largest absolute Gasteiger partial charge is 0.494 e. The number of carbonyl (C=O) groups excluding carboxylic acids is 1. The van der Waals surface area contributed by atoms with Crippen molar-refractivity contribution >= 4 is 11.6 Å². The first-order valence-corrected chi connectivity index (χ1v) is 7.39. The summed E-state index contributed by atoms with van der Waals surface area (Å²) >= 11 is 0. The minimum Gasteiger partial charge on any atom is -0.494 e. The van der Waals surface area contributed by atoms with E-state index in [-0.39, 0.29) is 12.5 Å². The Kier molecular flexibility index (Phi) is 5.83. The first-order chi connectivity index (χ1) is 10.7. The van der Waals surface area contributed by atoms with Gasteiger partial charge in [0.05, 0.1) is 6.61 Å². The van der Waals surface area contributed by atoms with Crippen LogP contribution < -0.4 is 14.8 Å². The van der Waals surface area contributed by atoms with E-state index in [9.17, 15) is 4.79 Å². The van der Waals surface area contributed by atoms with Gasteiger partial charge < -0.3 is 14.8 Å². The maximum Gasteiger partial charge on any atom is 0.262 e. The Morgan fingerprint density at radius 3 is 2.14 bits per heavy atom. The average Bonchev–Trinajstić information content (AvgIpc) is 2.54. The van der Waals surface area contributed by atoms with Gasteiger partial charge in [-0.15, -0.1) is 0 Å². The van der Waals surface area contributed by atoms with Crippen LogP contribution in [0.5, 0.6) is 11.5 Å². The van der Waals surface area contributed by atoms with Crippen LogP contribution in [0, 0.1) is 6.92 Å². The molecule has 0 aromatic heterocycles. The van der Waals surface area contributed by atoms with Gasteiger partial charge in [-0.25, -0.2) is 0 Å². The van der Waals surface area contributed by atoms with Crippen LogP contribution in [0.15, 0.2) is 48.5 Å². The number of amides is 1. The predicted octanol–water partition coefficient (Wildman–Crippen LogP) is 3.80. The lowest BCUT2D eigenvalue weighted by Gasteiger charge is -2.09. The first-order valence-electron chi connectivity index (χ1n) is 7.39. The molecule has 116 valence electrons. The van der Waals surface area contributed by atoms with E-state index in [1.807, 2.05) is 43.3 Å². The summed E-state index contributed by atoms with van der Waals surface area (Å²) in [5, 5.41) is 2.79. The zero-order valence-electron chi connectivity index (χ0n) is 13.0. The van der Waals surface area contributed by atoms with Gasteiger partial charge in [0, 0.05) is 5.69 Å². The molecule has 1 N–H and O–H groups in total. The second-order valence-electron chi connectivity index (χ2n) is 5.02. The van der Waals surface area contributed by atoms with Crippen molar-refractivity contribution in [2.75, 3.05) is 18.5 Å². The fourth-order valence-corrected chi connectivity index (χ4v) is 1.83. The third-order valence-corrected chi connectivity index (χ3v) is 3.00. The Bertz CT molecular complexity index is 591. The van der Waals surface area contributed by atoms with Crippen LogP contribution in [-0.2, 0) is 4.79 Å². The highest BCUT2D eigenvalue weighted by Gasteiger charge is 2.04. The summed E-state index contributed by atoms with van der Waals surface area (Å²) in [5.41, 5.74) is 1.92. The second-order valence-corrected chi connectivity index (χ2v) is 5.02. The molecular formula is C18H21NO3. The quantitative estimate of drug-likeness (QED) is 0.846. The van der Waals surface area contributed by atoms with Gasteiger partial charge in [0.25, 0.3) is 5.91 Å². The van der Waals surface area contributed by atoms with Crippen LogP contribution in [0.2, 0.25) is 0 Å². The smallest absolute Gasteiger partial charge is 0.262 e. The van der Waals surface area contributed by atoms with Gasteiger partial charge in [-0.1, -0.05) is 24.6 Å². The Morgan fingerprint density at radius 2 is 1.55 bits per heavy atom. The summed E-state index contributed by atoms with van der Waals surface area (Å²) in [5.74, 6) is 1.26. The third kappa shape index (κ3) is 5.13. The first kappa shape index (κ1) is 15.9. The van der Waals surface area contributed by atoms with Gasteiger partial charge >= 0.3 is 0 Å². The second kappa shape index (κ2) is 8.08. The van der Waals surface area contributed by atoms with Gasteiger partial charge in [0.15, 0.2) is 6.61 Å². The number of anilines is 1. The molecule has 0 saturated carbocycles. The average molecular weight is 299 g/mol. The molecule has 0 unspecified atom stereocenters. The van der Waals surface area contributed by atoms with E-state index in [2.05, 4.69) is 12.2 Å². The standard InChI is InChI=1S/C18H21NO3/c1-3-12-21-16-8-10-17(11-9-16)22-13-18(20)19-15-6-4-14(2)5-7-15/h4-11H,3,12-13H2,1-2H3,(H,19,20). The topological polar surface area (TPSA) is 47.6 Å². The van der Waals surface area contributed by atoms with E-state index in [0.717, 1.165) is 23.4 Å². The number of ether oxygens (including phenoxy) is 2. The van der Waals surface area contributed by atoms with E-state index < -0.39 is 0 Å². The van der Waals surface area contributed by atoms with Crippen molar-refractivity contribution in [3.05, 3.63) is 54.1 Å². The van der Waals surface area contributed by atoms with Crippen LogP contribution in [-0.4, -0.2) is 19.1 Å². The van der Waals surface area contributed by atoms with E-state index in [0.29, 0.717) is 12.4 Å². The maximum atomic E-state index is 11.8. The lowest BCUT2D eigenvalue weighted by Crippen LogP contribution is -2.20. The van der Waals surface area contributed by atoms with Crippen LogP contribution in [0.25, 0.3) is 0 Å². The van der Waals surface area contributed by atoms with E-state index >= 15 is 0 Å². The molecule has 0 spiro atoms. The van der Waals surface area contributed by atoms with Gasteiger partial charge in [-0.3, -0.25) is 4.79 Å². The summed E-state index contributed by atoms with van der Waals surface area (Å²) < 4.78 is 10.9. The Balaban J connectivity index is 1.79. The molecule has 0 aliphatic rings. The number of carbonyl (C=O) groups is 1. The fraction of sp³-hybridized carbons (Fsp3) is 0.278. The Morgan fingerprint density at radius 1 is 0.955 bits per heavy atom. The molecule has 0 radical (unpaired) electrons. The molecule has 1 amide bonds. The molecule has 0 heterocycles. The lowest BCUT2D eigenvalue weighted by molar-refractivity contribution is -0.118. The van der Waals surface area contributed by atoms with Crippen molar-refractivity contribution in [3.8, 4) is 11.5 Å². The third-order valence-electron chi connectivity index (χ3n) is 3.00. The number of aryl methyl sites for hydroxylation is 1. The molecule has 4 heteroatoms. The summed E-state index contributed by atoms with van der Waals surface area (Å²) in [4.78, 5) is 11.8. The number of nitrogens with one attached hydrogen (secondary N) is 1. The molecule has 2 rings (SSSR count). The van der Waals surface area contributed by atoms with Crippen molar-refractivity contribution in [1.82, 2.24) is 0 Å². The molecule has 0 bridgehead atoms. The highest BCUT2D eigenvalue weighted by Crippen LogP contribution is 2.17. The van der Waals surface area contributed by atoms with E-state index in [1.54, 1.807) is 12.1 Å². The molecule has 22 heavy (non-hydrogen) atoms. The maximum absolute atomic E-state index is 11.8. The van der Waals surface area contributed by atoms with E-state index in [1.165, 1.54) is 0 Å². The molecule has 0 fully saturated rings.